The van der Waals surface area contributed by atoms with E-state index in [0.717, 1.165) is 0 Å². The number of rotatable bonds is 3. The summed E-state index contributed by atoms with van der Waals surface area (Å²) in [5, 5.41) is 0.137. The summed E-state index contributed by atoms with van der Waals surface area (Å²) in [6.45, 7) is 4.13. The second kappa shape index (κ2) is 4.54. The molecule has 0 aliphatic rings. The molecular formula is C6H11NOS. The summed E-state index contributed by atoms with van der Waals surface area (Å²) in [6, 6.07) is 0. The molecule has 2 nitrogen and oxygen atoms in total. The first-order valence-electron chi connectivity index (χ1n) is 2.76. The maximum Gasteiger partial charge on any atom is 0.0950 e. The molecule has 0 radical (unpaired) electrons. The van der Waals surface area contributed by atoms with Gasteiger partial charge in [0.25, 0.3) is 0 Å². The topological polar surface area (TPSA) is 29.1 Å². The highest BCUT2D eigenvalue weighted by Gasteiger charge is 2.00. The molecule has 0 spiro atoms. The number of hydrogen-bond donors (Lipinski definition) is 1. The first-order chi connectivity index (χ1) is 4.18. The summed E-state index contributed by atoms with van der Waals surface area (Å²) < 4.78 is 13.5. The van der Waals surface area contributed by atoms with Crippen molar-refractivity contribution in [1.29, 1.82) is 0 Å². The molecule has 9 heavy (non-hydrogen) atoms. The zero-order valence-corrected chi connectivity index (χ0v) is 6.49. The molecule has 0 saturated carbocycles. The van der Waals surface area contributed by atoms with E-state index >= 15 is 0 Å². The van der Waals surface area contributed by atoms with Gasteiger partial charge in [0.2, 0.25) is 0 Å². The predicted molar refractivity (Wildman–Crippen MR) is 40.1 cm³/mol. The lowest BCUT2D eigenvalue weighted by Gasteiger charge is -2.02. The second-order valence-corrected chi connectivity index (χ2v) is 3.70. The van der Waals surface area contributed by atoms with Crippen LogP contribution >= 0.6 is 0 Å². The molecule has 52 valence electrons. The van der Waals surface area contributed by atoms with Crippen molar-refractivity contribution in [3.63, 3.8) is 0 Å². The predicted octanol–water partition coefficient (Wildman–Crippen LogP) is 0.281. The molecule has 1 atom stereocenters. The monoisotopic (exact) mass is 145 g/mol. The van der Waals surface area contributed by atoms with Crippen LogP contribution in [0.15, 0.2) is 0 Å². The van der Waals surface area contributed by atoms with E-state index in [4.69, 9.17) is 6.42 Å². The maximum atomic E-state index is 10.8. The Bertz CT molecular complexity index is 136. The lowest BCUT2D eigenvalue weighted by Crippen LogP contribution is -2.24. The minimum absolute atomic E-state index is 0.137. The van der Waals surface area contributed by atoms with Crippen molar-refractivity contribution >= 4 is 11.0 Å². The average Bonchev–Trinajstić information content (AvgIpc) is 1.82. The second-order valence-electron chi connectivity index (χ2n) is 1.87. The summed E-state index contributed by atoms with van der Waals surface area (Å²) in [7, 11) is -0.964. The molecule has 0 aromatic carbocycles. The Morgan fingerprint density at radius 2 is 2.33 bits per heavy atom. The summed E-state index contributed by atoms with van der Waals surface area (Å²) in [4.78, 5) is 0. The van der Waals surface area contributed by atoms with Crippen LogP contribution in [0.1, 0.15) is 13.8 Å². The summed E-state index contributed by atoms with van der Waals surface area (Å²) >= 11 is 0. The maximum absolute atomic E-state index is 10.8. The van der Waals surface area contributed by atoms with Crippen LogP contribution in [0, 0.1) is 12.3 Å². The molecule has 0 bridgehead atoms. The quantitative estimate of drug-likeness (QED) is 0.568. The van der Waals surface area contributed by atoms with Crippen molar-refractivity contribution in [2.24, 2.45) is 0 Å². The van der Waals surface area contributed by atoms with Gasteiger partial charge in [-0.2, -0.15) is 0 Å². The number of nitrogens with one attached hydrogen (secondary N) is 1. The van der Waals surface area contributed by atoms with E-state index in [1.165, 1.54) is 0 Å². The number of hydrogen-bond acceptors (Lipinski definition) is 1. The normalized spacial score (nSPS) is 13.1. The Hall–Kier alpha value is -0.330. The van der Waals surface area contributed by atoms with Crippen molar-refractivity contribution in [3.8, 4) is 12.3 Å². The summed E-state index contributed by atoms with van der Waals surface area (Å²) in [5.74, 6) is 2.35. The zero-order valence-electron chi connectivity index (χ0n) is 5.68. The lowest BCUT2D eigenvalue weighted by molar-refractivity contribution is 0.669. The molecule has 0 saturated heterocycles. The Morgan fingerprint density at radius 3 is 2.67 bits per heavy atom. The molecule has 0 aromatic heterocycles. The fourth-order valence-electron chi connectivity index (χ4n) is 0.279. The highest BCUT2D eigenvalue weighted by Crippen LogP contribution is 1.87. The smallest absolute Gasteiger partial charge is 0.0950 e. The fourth-order valence-corrected chi connectivity index (χ4v) is 0.838. The first kappa shape index (κ1) is 8.67. The van der Waals surface area contributed by atoms with Crippen LogP contribution in [0.25, 0.3) is 0 Å². The molecular weight excluding hydrogens is 134 g/mol. The molecule has 0 amide bonds. The molecule has 0 fully saturated rings. The van der Waals surface area contributed by atoms with Gasteiger partial charge >= 0.3 is 0 Å². The molecule has 0 aliphatic heterocycles. The molecule has 1 unspecified atom stereocenters. The SMILES string of the molecule is C#CCNS(=O)C(C)C. The van der Waals surface area contributed by atoms with Crippen LogP contribution in [-0.2, 0) is 11.0 Å². The Labute approximate surface area is 58.6 Å². The van der Waals surface area contributed by atoms with Gasteiger partial charge in [0.15, 0.2) is 0 Å². The third kappa shape index (κ3) is 4.19. The van der Waals surface area contributed by atoms with Gasteiger partial charge < -0.3 is 0 Å². The van der Waals surface area contributed by atoms with Gasteiger partial charge in [-0.25, -0.2) is 8.93 Å². The molecule has 0 rings (SSSR count). The van der Waals surface area contributed by atoms with Crippen LogP contribution in [0.5, 0.6) is 0 Å². The Balaban J connectivity index is 3.42. The van der Waals surface area contributed by atoms with E-state index in [0.29, 0.717) is 6.54 Å². The van der Waals surface area contributed by atoms with E-state index in [2.05, 4.69) is 10.6 Å². The van der Waals surface area contributed by atoms with Crippen molar-refractivity contribution in [1.82, 2.24) is 4.72 Å². The van der Waals surface area contributed by atoms with Crippen molar-refractivity contribution in [3.05, 3.63) is 0 Å². The van der Waals surface area contributed by atoms with E-state index in [1.807, 2.05) is 13.8 Å². The highest BCUT2D eigenvalue weighted by atomic mass is 32.2. The lowest BCUT2D eigenvalue weighted by atomic mass is 10.6. The Morgan fingerprint density at radius 1 is 1.78 bits per heavy atom. The highest BCUT2D eigenvalue weighted by molar-refractivity contribution is 7.83. The van der Waals surface area contributed by atoms with E-state index in [1.54, 1.807) is 0 Å². The van der Waals surface area contributed by atoms with Gasteiger partial charge in [0.05, 0.1) is 17.5 Å². The van der Waals surface area contributed by atoms with Gasteiger partial charge in [-0.05, 0) is 13.8 Å². The van der Waals surface area contributed by atoms with Crippen LogP contribution in [-0.4, -0.2) is 16.0 Å². The minimum atomic E-state index is -0.964. The largest absolute Gasteiger partial charge is 0.243 e. The zero-order chi connectivity index (χ0) is 7.28. The van der Waals surface area contributed by atoms with E-state index in [-0.39, 0.29) is 5.25 Å². The molecule has 1 N–H and O–H groups in total. The van der Waals surface area contributed by atoms with Crippen LogP contribution in [0.4, 0.5) is 0 Å². The van der Waals surface area contributed by atoms with Crippen molar-refractivity contribution in [2.75, 3.05) is 6.54 Å². The molecule has 0 aromatic rings. The summed E-state index contributed by atoms with van der Waals surface area (Å²) in [6.07, 6.45) is 4.93. The van der Waals surface area contributed by atoms with Gasteiger partial charge in [0, 0.05) is 5.25 Å². The molecule has 3 heteroatoms. The van der Waals surface area contributed by atoms with E-state index < -0.39 is 11.0 Å². The van der Waals surface area contributed by atoms with Crippen molar-refractivity contribution in [2.45, 2.75) is 19.1 Å². The van der Waals surface area contributed by atoms with Gasteiger partial charge in [0.1, 0.15) is 0 Å². The fraction of sp³-hybridized carbons (Fsp3) is 0.667. The minimum Gasteiger partial charge on any atom is -0.243 e. The van der Waals surface area contributed by atoms with Gasteiger partial charge in [-0.15, -0.1) is 6.42 Å². The van der Waals surface area contributed by atoms with Crippen LogP contribution < -0.4 is 4.72 Å². The average molecular weight is 145 g/mol. The van der Waals surface area contributed by atoms with E-state index in [9.17, 15) is 4.21 Å². The van der Waals surface area contributed by atoms with Crippen LogP contribution in [0.2, 0.25) is 0 Å². The molecule has 0 aliphatic carbocycles. The third-order valence-electron chi connectivity index (χ3n) is 0.745. The van der Waals surface area contributed by atoms with Gasteiger partial charge in [-0.3, -0.25) is 0 Å². The number of terminal acetylenes is 1. The summed E-state index contributed by atoms with van der Waals surface area (Å²) in [5.41, 5.74) is 0. The third-order valence-corrected chi connectivity index (χ3v) is 2.03. The first-order valence-corrected chi connectivity index (χ1v) is 3.97. The van der Waals surface area contributed by atoms with Crippen LogP contribution in [0.3, 0.4) is 0 Å². The van der Waals surface area contributed by atoms with Crippen molar-refractivity contribution < 1.29 is 4.21 Å². The molecule has 0 heterocycles. The van der Waals surface area contributed by atoms with Gasteiger partial charge in [-0.1, -0.05) is 5.92 Å². The standard InChI is InChI=1S/C6H11NOS/c1-4-5-7-9(8)6(2)3/h1,6-7H,5H2,2-3H3. The Kier molecular flexibility index (Phi) is 4.37.